The Morgan fingerprint density at radius 1 is 1.38 bits per heavy atom. The van der Waals surface area contributed by atoms with Crippen molar-refractivity contribution in [3.63, 3.8) is 0 Å². The smallest absolute Gasteiger partial charge is 0.262 e. The SMILES string of the molecule is O=C(c1cc(F)cc(S(=O)(=O)Cl)c1Br)N1CC2CCC1C2. The first-order chi connectivity index (χ1) is 9.77. The van der Waals surface area contributed by atoms with Gasteiger partial charge in [-0.3, -0.25) is 4.79 Å². The zero-order valence-electron chi connectivity index (χ0n) is 10.9. The molecule has 1 aromatic rings. The third-order valence-corrected chi connectivity index (χ3v) is 6.63. The van der Waals surface area contributed by atoms with Crippen molar-refractivity contribution >= 4 is 41.6 Å². The molecule has 8 heteroatoms. The maximum absolute atomic E-state index is 13.7. The lowest BCUT2D eigenvalue weighted by molar-refractivity contribution is 0.0702. The van der Waals surface area contributed by atoms with Crippen LogP contribution in [0.4, 0.5) is 4.39 Å². The number of piperidine rings is 1. The van der Waals surface area contributed by atoms with Crippen molar-refractivity contribution in [2.24, 2.45) is 5.92 Å². The fourth-order valence-corrected chi connectivity index (χ4v) is 5.49. The first-order valence-corrected chi connectivity index (χ1v) is 9.62. The third kappa shape index (κ3) is 2.71. The Bertz CT molecular complexity index is 724. The summed E-state index contributed by atoms with van der Waals surface area (Å²) in [6.45, 7) is 0.648. The van der Waals surface area contributed by atoms with Crippen LogP contribution in [0.3, 0.4) is 0 Å². The van der Waals surface area contributed by atoms with E-state index in [0.717, 1.165) is 31.4 Å². The molecule has 3 rings (SSSR count). The number of hydrogen-bond acceptors (Lipinski definition) is 3. The lowest BCUT2D eigenvalue weighted by Gasteiger charge is -2.27. The summed E-state index contributed by atoms with van der Waals surface area (Å²) in [6, 6.07) is 2.03. The second-order valence-electron chi connectivity index (χ2n) is 5.49. The van der Waals surface area contributed by atoms with Gasteiger partial charge in [0.25, 0.3) is 15.0 Å². The van der Waals surface area contributed by atoms with Gasteiger partial charge in [0.05, 0.1) is 10.0 Å². The molecule has 21 heavy (non-hydrogen) atoms. The van der Waals surface area contributed by atoms with Gasteiger partial charge in [-0.25, -0.2) is 12.8 Å². The normalized spacial score (nSPS) is 24.6. The number of likely N-dealkylation sites (tertiary alicyclic amines) is 1. The number of benzene rings is 1. The zero-order chi connectivity index (χ0) is 15.4. The van der Waals surface area contributed by atoms with Crippen molar-refractivity contribution in [1.82, 2.24) is 4.90 Å². The Morgan fingerprint density at radius 3 is 2.62 bits per heavy atom. The Kier molecular flexibility index (Phi) is 3.78. The molecule has 1 aliphatic carbocycles. The van der Waals surface area contributed by atoms with Crippen LogP contribution in [0.25, 0.3) is 0 Å². The summed E-state index contributed by atoms with van der Waals surface area (Å²) in [5.41, 5.74) is 0.00164. The summed E-state index contributed by atoms with van der Waals surface area (Å²) in [5, 5.41) is 0. The first-order valence-electron chi connectivity index (χ1n) is 6.52. The summed E-state index contributed by atoms with van der Waals surface area (Å²) in [6.07, 6.45) is 3.03. The average molecular weight is 397 g/mol. The van der Waals surface area contributed by atoms with Crippen molar-refractivity contribution < 1.29 is 17.6 Å². The quantitative estimate of drug-likeness (QED) is 0.722. The molecule has 0 aromatic heterocycles. The van der Waals surface area contributed by atoms with E-state index in [2.05, 4.69) is 15.9 Å². The highest BCUT2D eigenvalue weighted by molar-refractivity contribution is 9.10. The average Bonchev–Trinajstić information content (AvgIpc) is 3.01. The molecule has 0 spiro atoms. The number of carbonyl (C=O) groups is 1. The maximum Gasteiger partial charge on any atom is 0.262 e. The molecule has 1 aliphatic heterocycles. The van der Waals surface area contributed by atoms with Gasteiger partial charge in [0.15, 0.2) is 0 Å². The number of nitrogens with zero attached hydrogens (tertiary/aromatic N) is 1. The van der Waals surface area contributed by atoms with Gasteiger partial charge in [-0.2, -0.15) is 0 Å². The van der Waals surface area contributed by atoms with Gasteiger partial charge >= 0.3 is 0 Å². The lowest BCUT2D eigenvalue weighted by atomic mass is 10.1. The van der Waals surface area contributed by atoms with Crippen molar-refractivity contribution in [3.05, 3.63) is 28.0 Å². The molecule has 2 atom stereocenters. The Hall–Kier alpha value is -0.660. The number of amides is 1. The molecule has 1 saturated carbocycles. The van der Waals surface area contributed by atoms with Crippen LogP contribution in [0.2, 0.25) is 0 Å². The summed E-state index contributed by atoms with van der Waals surface area (Å²) in [7, 11) is 1.15. The van der Waals surface area contributed by atoms with E-state index in [-0.39, 0.29) is 22.0 Å². The molecule has 114 valence electrons. The van der Waals surface area contributed by atoms with E-state index in [4.69, 9.17) is 10.7 Å². The van der Waals surface area contributed by atoms with E-state index in [1.165, 1.54) is 0 Å². The minimum atomic E-state index is -4.13. The van der Waals surface area contributed by atoms with Crippen molar-refractivity contribution in [3.8, 4) is 0 Å². The standard InChI is InChI=1S/C13H12BrClFNO3S/c14-12-10(4-8(16)5-11(12)21(15,19)20)13(18)17-6-7-1-2-9(17)3-7/h4-5,7,9H,1-3,6H2. The Morgan fingerprint density at radius 2 is 2.10 bits per heavy atom. The largest absolute Gasteiger partial charge is 0.335 e. The van der Waals surface area contributed by atoms with E-state index in [0.29, 0.717) is 12.5 Å². The number of halogens is 3. The van der Waals surface area contributed by atoms with Crippen LogP contribution < -0.4 is 0 Å². The van der Waals surface area contributed by atoms with Crippen LogP contribution in [-0.4, -0.2) is 31.8 Å². The first kappa shape index (κ1) is 15.2. The van der Waals surface area contributed by atoms with Crippen molar-refractivity contribution in [2.45, 2.75) is 30.2 Å². The number of carbonyl (C=O) groups excluding carboxylic acids is 1. The Labute approximate surface area is 134 Å². The summed E-state index contributed by atoms with van der Waals surface area (Å²) < 4.78 is 36.6. The van der Waals surface area contributed by atoms with Gasteiger partial charge in [0.1, 0.15) is 10.7 Å². The summed E-state index contributed by atoms with van der Waals surface area (Å²) in [5.74, 6) is -0.650. The molecule has 2 unspecified atom stereocenters. The summed E-state index contributed by atoms with van der Waals surface area (Å²) >= 11 is 3.07. The molecule has 0 N–H and O–H groups in total. The predicted octanol–water partition coefficient (Wildman–Crippen LogP) is 3.14. The minimum absolute atomic E-state index is 0.00164. The van der Waals surface area contributed by atoms with Crippen LogP contribution in [0.15, 0.2) is 21.5 Å². The van der Waals surface area contributed by atoms with Crippen LogP contribution >= 0.6 is 26.6 Å². The van der Waals surface area contributed by atoms with Crippen LogP contribution in [0.5, 0.6) is 0 Å². The minimum Gasteiger partial charge on any atom is -0.335 e. The molecule has 4 nitrogen and oxygen atoms in total. The van der Waals surface area contributed by atoms with E-state index in [1.54, 1.807) is 4.90 Å². The highest BCUT2D eigenvalue weighted by atomic mass is 79.9. The van der Waals surface area contributed by atoms with E-state index >= 15 is 0 Å². The fourth-order valence-electron chi connectivity index (χ4n) is 3.23. The maximum atomic E-state index is 13.7. The second kappa shape index (κ2) is 5.21. The van der Waals surface area contributed by atoms with Gasteiger partial charge in [0, 0.05) is 23.3 Å². The van der Waals surface area contributed by atoms with Gasteiger partial charge in [-0.05, 0) is 53.2 Å². The molecule has 1 heterocycles. The molecule has 0 radical (unpaired) electrons. The monoisotopic (exact) mass is 395 g/mol. The highest BCUT2D eigenvalue weighted by Gasteiger charge is 2.41. The lowest BCUT2D eigenvalue weighted by Crippen LogP contribution is -2.38. The number of rotatable bonds is 2. The third-order valence-electron chi connectivity index (χ3n) is 4.17. The highest BCUT2D eigenvalue weighted by Crippen LogP contribution is 2.39. The van der Waals surface area contributed by atoms with Crippen molar-refractivity contribution in [2.75, 3.05) is 6.54 Å². The fraction of sp³-hybridized carbons (Fsp3) is 0.462. The van der Waals surface area contributed by atoms with Crippen LogP contribution in [0, 0.1) is 11.7 Å². The molecule has 2 fully saturated rings. The topological polar surface area (TPSA) is 54.5 Å². The zero-order valence-corrected chi connectivity index (χ0v) is 14.0. The van der Waals surface area contributed by atoms with Gasteiger partial charge < -0.3 is 4.90 Å². The van der Waals surface area contributed by atoms with Crippen LogP contribution in [-0.2, 0) is 9.05 Å². The Balaban J connectivity index is 2.03. The molecule has 1 amide bonds. The van der Waals surface area contributed by atoms with Crippen LogP contribution in [0.1, 0.15) is 29.6 Å². The number of hydrogen-bond donors (Lipinski definition) is 0. The van der Waals surface area contributed by atoms with Gasteiger partial charge in [0.2, 0.25) is 0 Å². The second-order valence-corrected chi connectivity index (χ2v) is 8.82. The predicted molar refractivity (Wildman–Crippen MR) is 79.3 cm³/mol. The molecule has 1 aromatic carbocycles. The molecule has 1 saturated heterocycles. The van der Waals surface area contributed by atoms with Gasteiger partial charge in [-0.15, -0.1) is 0 Å². The summed E-state index contributed by atoms with van der Waals surface area (Å²) in [4.78, 5) is 13.9. The van der Waals surface area contributed by atoms with E-state index in [1.807, 2.05) is 0 Å². The molecular weight excluding hydrogens is 385 g/mol. The van der Waals surface area contributed by atoms with E-state index in [9.17, 15) is 17.6 Å². The van der Waals surface area contributed by atoms with E-state index < -0.39 is 19.8 Å². The van der Waals surface area contributed by atoms with Crippen molar-refractivity contribution in [1.29, 1.82) is 0 Å². The number of fused-ring (bicyclic) bond motifs is 2. The van der Waals surface area contributed by atoms with Gasteiger partial charge in [-0.1, -0.05) is 0 Å². The molecule has 2 aliphatic rings. The molecule has 2 bridgehead atoms. The molecular formula is C13H12BrClFNO3S.